The molecule has 0 saturated carbocycles. The number of nitrogens with zero attached hydrogens (tertiary/aromatic N) is 1. The molecule has 1 heterocycles. The molecule has 2 atom stereocenters. The monoisotopic (exact) mass is 234 g/mol. The number of benzene rings is 1. The molecule has 1 fully saturated rings. The van der Waals surface area contributed by atoms with Crippen molar-refractivity contribution in [2.75, 3.05) is 18.9 Å². The maximum atomic E-state index is 9.39. The molecule has 1 saturated heterocycles. The first-order chi connectivity index (χ1) is 8.06. The third kappa shape index (κ3) is 2.91. The van der Waals surface area contributed by atoms with E-state index in [0.29, 0.717) is 17.8 Å². The van der Waals surface area contributed by atoms with Gasteiger partial charge in [-0.2, -0.15) is 0 Å². The molecule has 3 nitrogen and oxygen atoms in total. The van der Waals surface area contributed by atoms with Crippen molar-refractivity contribution in [2.24, 2.45) is 0 Å². The summed E-state index contributed by atoms with van der Waals surface area (Å²) in [5, 5.41) is 13.0. The Morgan fingerprint density at radius 2 is 2.18 bits per heavy atom. The summed E-state index contributed by atoms with van der Waals surface area (Å²) in [6.07, 6.45) is 2.36. The fourth-order valence-electron chi connectivity index (χ4n) is 2.45. The minimum Gasteiger partial charge on any atom is -0.508 e. The van der Waals surface area contributed by atoms with Gasteiger partial charge in [-0.25, -0.2) is 0 Å². The Balaban J connectivity index is 2.01. The quantitative estimate of drug-likeness (QED) is 0.772. The van der Waals surface area contributed by atoms with E-state index in [1.807, 2.05) is 13.0 Å². The first kappa shape index (κ1) is 12.2. The summed E-state index contributed by atoms with van der Waals surface area (Å²) in [7, 11) is 2.19. The first-order valence-corrected chi connectivity index (χ1v) is 6.32. The highest BCUT2D eigenvalue weighted by Gasteiger charge is 2.22. The molecule has 1 aliphatic heterocycles. The van der Waals surface area contributed by atoms with E-state index in [9.17, 15) is 5.11 Å². The van der Waals surface area contributed by atoms with Gasteiger partial charge in [-0.15, -0.1) is 0 Å². The Labute approximate surface area is 103 Å². The first-order valence-electron chi connectivity index (χ1n) is 6.32. The topological polar surface area (TPSA) is 35.5 Å². The summed E-state index contributed by atoms with van der Waals surface area (Å²) < 4.78 is 0. The Hall–Kier alpha value is -1.22. The lowest BCUT2D eigenvalue weighted by atomic mass is 9.98. The lowest BCUT2D eigenvalue weighted by Gasteiger charge is -2.36. The van der Waals surface area contributed by atoms with Gasteiger partial charge in [0.1, 0.15) is 5.75 Å². The number of rotatable bonds is 2. The molecule has 0 spiro atoms. The van der Waals surface area contributed by atoms with Crippen molar-refractivity contribution in [3.8, 4) is 5.75 Å². The molecule has 3 heteroatoms. The van der Waals surface area contributed by atoms with E-state index in [1.54, 1.807) is 12.1 Å². The molecule has 17 heavy (non-hydrogen) atoms. The summed E-state index contributed by atoms with van der Waals surface area (Å²) in [6, 6.07) is 6.70. The molecule has 0 bridgehead atoms. The largest absolute Gasteiger partial charge is 0.508 e. The lowest BCUT2D eigenvalue weighted by Crippen LogP contribution is -2.42. The zero-order valence-corrected chi connectivity index (χ0v) is 10.9. The van der Waals surface area contributed by atoms with Gasteiger partial charge in [0.25, 0.3) is 0 Å². The highest BCUT2D eigenvalue weighted by molar-refractivity contribution is 5.53. The number of nitrogens with one attached hydrogen (secondary N) is 1. The van der Waals surface area contributed by atoms with Crippen molar-refractivity contribution < 1.29 is 5.11 Å². The molecule has 2 rings (SSSR count). The van der Waals surface area contributed by atoms with E-state index >= 15 is 0 Å². The number of hydrogen-bond acceptors (Lipinski definition) is 3. The number of phenols is 1. The molecule has 2 unspecified atom stereocenters. The molecule has 1 aromatic carbocycles. The van der Waals surface area contributed by atoms with E-state index in [-0.39, 0.29) is 0 Å². The van der Waals surface area contributed by atoms with Crippen LogP contribution in [0.25, 0.3) is 0 Å². The van der Waals surface area contributed by atoms with Crippen LogP contribution in [0.3, 0.4) is 0 Å². The number of aromatic hydroxyl groups is 1. The normalized spacial score (nSPS) is 25.8. The average Bonchev–Trinajstić information content (AvgIpc) is 2.27. The molecular formula is C14H22N2O. The third-order valence-electron chi connectivity index (χ3n) is 3.78. The maximum absolute atomic E-state index is 9.39. The molecule has 0 aliphatic carbocycles. The summed E-state index contributed by atoms with van der Waals surface area (Å²) in [5.41, 5.74) is 2.25. The highest BCUT2D eigenvalue weighted by atomic mass is 16.3. The van der Waals surface area contributed by atoms with Gasteiger partial charge in [0.15, 0.2) is 0 Å². The zero-order valence-electron chi connectivity index (χ0n) is 10.9. The summed E-state index contributed by atoms with van der Waals surface area (Å²) in [4.78, 5) is 2.40. The van der Waals surface area contributed by atoms with Gasteiger partial charge in [-0.05, 0) is 57.5 Å². The SMILES string of the molecule is Cc1cc(O)ccc1NC1CCN(C)C(C)C1. The fourth-order valence-corrected chi connectivity index (χ4v) is 2.45. The lowest BCUT2D eigenvalue weighted by molar-refractivity contribution is 0.190. The van der Waals surface area contributed by atoms with Crippen LogP contribution in [0.5, 0.6) is 5.75 Å². The Morgan fingerprint density at radius 1 is 1.41 bits per heavy atom. The number of anilines is 1. The zero-order chi connectivity index (χ0) is 12.4. The Bertz CT molecular complexity index is 392. The summed E-state index contributed by atoms with van der Waals surface area (Å²) in [6.45, 7) is 5.45. The van der Waals surface area contributed by atoms with Gasteiger partial charge < -0.3 is 15.3 Å². The molecule has 1 aromatic rings. The van der Waals surface area contributed by atoms with Crippen LogP contribution < -0.4 is 5.32 Å². The van der Waals surface area contributed by atoms with Crippen molar-refractivity contribution in [3.63, 3.8) is 0 Å². The highest BCUT2D eigenvalue weighted by Crippen LogP contribution is 2.24. The van der Waals surface area contributed by atoms with Gasteiger partial charge in [0.05, 0.1) is 0 Å². The van der Waals surface area contributed by atoms with Crippen molar-refractivity contribution in [2.45, 2.75) is 38.8 Å². The molecule has 94 valence electrons. The number of phenolic OH excluding ortho intramolecular Hbond substituents is 1. The smallest absolute Gasteiger partial charge is 0.115 e. The predicted molar refractivity (Wildman–Crippen MR) is 71.6 cm³/mol. The number of piperidine rings is 1. The van der Waals surface area contributed by atoms with Crippen molar-refractivity contribution in [3.05, 3.63) is 23.8 Å². The van der Waals surface area contributed by atoms with Crippen molar-refractivity contribution in [1.82, 2.24) is 4.90 Å². The number of aryl methyl sites for hydroxylation is 1. The fraction of sp³-hybridized carbons (Fsp3) is 0.571. The van der Waals surface area contributed by atoms with Crippen LogP contribution in [0.1, 0.15) is 25.3 Å². The van der Waals surface area contributed by atoms with Gasteiger partial charge in [0, 0.05) is 24.3 Å². The number of hydrogen-bond donors (Lipinski definition) is 2. The standard InChI is InChI=1S/C14H22N2O/c1-10-8-13(17)4-5-14(10)15-12-6-7-16(3)11(2)9-12/h4-5,8,11-12,15,17H,6-7,9H2,1-3H3. The van der Waals surface area contributed by atoms with Crippen LogP contribution in [-0.4, -0.2) is 35.7 Å². The Morgan fingerprint density at radius 3 is 2.82 bits per heavy atom. The van der Waals surface area contributed by atoms with E-state index < -0.39 is 0 Å². The van der Waals surface area contributed by atoms with E-state index in [2.05, 4.69) is 24.2 Å². The third-order valence-corrected chi connectivity index (χ3v) is 3.78. The molecule has 2 N–H and O–H groups in total. The molecule has 0 aromatic heterocycles. The second-order valence-electron chi connectivity index (χ2n) is 5.19. The second-order valence-corrected chi connectivity index (χ2v) is 5.19. The maximum Gasteiger partial charge on any atom is 0.115 e. The molecular weight excluding hydrogens is 212 g/mol. The minimum absolute atomic E-state index is 0.338. The van der Waals surface area contributed by atoms with Gasteiger partial charge in [-0.3, -0.25) is 0 Å². The molecule has 0 amide bonds. The van der Waals surface area contributed by atoms with Crippen LogP contribution in [0.2, 0.25) is 0 Å². The summed E-state index contributed by atoms with van der Waals surface area (Å²) in [5.74, 6) is 0.338. The Kier molecular flexibility index (Phi) is 3.57. The molecule has 0 radical (unpaired) electrons. The predicted octanol–water partition coefficient (Wildman–Crippen LogP) is 2.60. The van der Waals surface area contributed by atoms with Crippen LogP contribution >= 0.6 is 0 Å². The van der Waals surface area contributed by atoms with Gasteiger partial charge in [0.2, 0.25) is 0 Å². The van der Waals surface area contributed by atoms with Crippen molar-refractivity contribution >= 4 is 5.69 Å². The van der Waals surface area contributed by atoms with E-state index in [1.165, 1.54) is 12.8 Å². The van der Waals surface area contributed by atoms with Crippen LogP contribution in [-0.2, 0) is 0 Å². The van der Waals surface area contributed by atoms with Crippen molar-refractivity contribution in [1.29, 1.82) is 0 Å². The van der Waals surface area contributed by atoms with E-state index in [0.717, 1.165) is 17.8 Å². The van der Waals surface area contributed by atoms with Crippen LogP contribution in [0.15, 0.2) is 18.2 Å². The van der Waals surface area contributed by atoms with Crippen LogP contribution in [0, 0.1) is 6.92 Å². The number of likely N-dealkylation sites (tertiary alicyclic amines) is 1. The van der Waals surface area contributed by atoms with E-state index in [4.69, 9.17) is 0 Å². The average molecular weight is 234 g/mol. The van der Waals surface area contributed by atoms with Crippen LogP contribution in [0.4, 0.5) is 5.69 Å². The molecule has 1 aliphatic rings. The summed E-state index contributed by atoms with van der Waals surface area (Å²) >= 11 is 0. The van der Waals surface area contributed by atoms with Gasteiger partial charge >= 0.3 is 0 Å². The second kappa shape index (κ2) is 4.96. The van der Waals surface area contributed by atoms with Gasteiger partial charge in [-0.1, -0.05) is 0 Å². The minimum atomic E-state index is 0.338.